The quantitative estimate of drug-likeness (QED) is 0.755. The minimum absolute atomic E-state index is 0.207. The van der Waals surface area contributed by atoms with Crippen LogP contribution in [0.25, 0.3) is 0 Å². The van der Waals surface area contributed by atoms with Crippen LogP contribution in [0.15, 0.2) is 23.1 Å². The number of methoxy groups -OCH3 is 1. The summed E-state index contributed by atoms with van der Waals surface area (Å²) < 4.78 is 32.6. The summed E-state index contributed by atoms with van der Waals surface area (Å²) in [4.78, 5) is 0.207. The zero-order valence-electron chi connectivity index (χ0n) is 12.2. The van der Waals surface area contributed by atoms with E-state index in [1.54, 1.807) is 6.07 Å². The standard InChI is InChI=1S/C15H22N2O3S/c1-20-15-8-12(6-7-14(15)16)21(18,19)17-9-13(10-2-3-10)11-4-5-11/h6-8,10-11,13,17H,2-5,9,16H2,1H3. The van der Waals surface area contributed by atoms with Crippen LogP contribution in [0.1, 0.15) is 25.7 Å². The first-order valence-electron chi connectivity index (χ1n) is 7.44. The Labute approximate surface area is 125 Å². The lowest BCUT2D eigenvalue weighted by Crippen LogP contribution is -2.31. The molecule has 2 saturated carbocycles. The zero-order valence-corrected chi connectivity index (χ0v) is 13.0. The van der Waals surface area contributed by atoms with E-state index < -0.39 is 10.0 Å². The van der Waals surface area contributed by atoms with Gasteiger partial charge < -0.3 is 10.5 Å². The van der Waals surface area contributed by atoms with Crippen molar-refractivity contribution in [2.24, 2.45) is 17.8 Å². The Bertz CT molecular complexity index is 610. The summed E-state index contributed by atoms with van der Waals surface area (Å²) in [6.45, 7) is 0.546. The van der Waals surface area contributed by atoms with Crippen molar-refractivity contribution in [3.63, 3.8) is 0 Å². The number of benzene rings is 1. The average Bonchev–Trinajstić information content (AvgIpc) is 3.33. The summed E-state index contributed by atoms with van der Waals surface area (Å²) in [7, 11) is -2.02. The molecule has 21 heavy (non-hydrogen) atoms. The Morgan fingerprint density at radius 2 is 1.90 bits per heavy atom. The Morgan fingerprint density at radius 1 is 1.29 bits per heavy atom. The molecule has 0 saturated heterocycles. The molecule has 1 aromatic carbocycles. The third-order valence-corrected chi connectivity index (χ3v) is 5.90. The van der Waals surface area contributed by atoms with Crippen LogP contribution in [-0.2, 0) is 10.0 Å². The summed E-state index contributed by atoms with van der Waals surface area (Å²) in [5.41, 5.74) is 6.16. The van der Waals surface area contributed by atoms with Gasteiger partial charge in [-0.25, -0.2) is 13.1 Å². The lowest BCUT2D eigenvalue weighted by atomic mass is 9.99. The molecule has 1 aromatic rings. The van der Waals surface area contributed by atoms with E-state index in [0.717, 1.165) is 11.8 Å². The van der Waals surface area contributed by atoms with Crippen molar-refractivity contribution < 1.29 is 13.2 Å². The molecule has 0 aliphatic heterocycles. The predicted molar refractivity (Wildman–Crippen MR) is 81.5 cm³/mol. The van der Waals surface area contributed by atoms with Gasteiger partial charge >= 0.3 is 0 Å². The average molecular weight is 310 g/mol. The van der Waals surface area contributed by atoms with E-state index in [1.165, 1.54) is 44.9 Å². The fourth-order valence-electron chi connectivity index (χ4n) is 2.91. The van der Waals surface area contributed by atoms with E-state index in [9.17, 15) is 8.42 Å². The first-order valence-corrected chi connectivity index (χ1v) is 8.93. The molecule has 116 valence electrons. The number of sulfonamides is 1. The van der Waals surface area contributed by atoms with Crippen molar-refractivity contribution in [2.75, 3.05) is 19.4 Å². The van der Waals surface area contributed by atoms with Crippen molar-refractivity contribution in [2.45, 2.75) is 30.6 Å². The van der Waals surface area contributed by atoms with E-state index in [4.69, 9.17) is 10.5 Å². The lowest BCUT2D eigenvalue weighted by molar-refractivity contribution is 0.401. The van der Waals surface area contributed by atoms with Crippen LogP contribution < -0.4 is 15.2 Å². The number of anilines is 1. The molecule has 2 aliphatic rings. The molecule has 0 spiro atoms. The highest BCUT2D eigenvalue weighted by Crippen LogP contribution is 2.48. The second-order valence-electron chi connectivity index (χ2n) is 6.09. The third kappa shape index (κ3) is 3.32. The minimum Gasteiger partial charge on any atom is -0.495 e. The van der Waals surface area contributed by atoms with Crippen LogP contribution >= 0.6 is 0 Å². The second-order valence-corrected chi connectivity index (χ2v) is 7.86. The molecule has 2 fully saturated rings. The third-order valence-electron chi connectivity index (χ3n) is 4.48. The maximum atomic E-state index is 12.4. The molecule has 0 atom stereocenters. The summed E-state index contributed by atoms with van der Waals surface area (Å²) >= 11 is 0. The van der Waals surface area contributed by atoms with E-state index in [2.05, 4.69) is 4.72 Å². The molecule has 0 unspecified atom stereocenters. The molecule has 2 aliphatic carbocycles. The number of nitrogens with one attached hydrogen (secondary N) is 1. The van der Waals surface area contributed by atoms with Crippen LogP contribution in [0.4, 0.5) is 5.69 Å². The van der Waals surface area contributed by atoms with Crippen molar-refractivity contribution in [1.82, 2.24) is 4.72 Å². The zero-order chi connectivity index (χ0) is 15.0. The van der Waals surface area contributed by atoms with Crippen LogP contribution in [0.5, 0.6) is 5.75 Å². The van der Waals surface area contributed by atoms with Crippen molar-refractivity contribution in [1.29, 1.82) is 0 Å². The van der Waals surface area contributed by atoms with Gasteiger partial charge in [0.25, 0.3) is 0 Å². The van der Waals surface area contributed by atoms with Crippen LogP contribution in [-0.4, -0.2) is 22.1 Å². The molecular weight excluding hydrogens is 288 g/mol. The largest absolute Gasteiger partial charge is 0.495 e. The number of nitrogen functional groups attached to an aromatic ring is 1. The smallest absolute Gasteiger partial charge is 0.240 e. The predicted octanol–water partition coefficient (Wildman–Crippen LogP) is 1.99. The number of hydrogen-bond donors (Lipinski definition) is 2. The molecule has 0 aromatic heterocycles. The van der Waals surface area contributed by atoms with Crippen LogP contribution in [0, 0.1) is 17.8 Å². The molecule has 6 heteroatoms. The Hall–Kier alpha value is -1.27. The highest BCUT2D eigenvalue weighted by atomic mass is 32.2. The van der Waals surface area contributed by atoms with Gasteiger partial charge in [-0.3, -0.25) is 0 Å². The van der Waals surface area contributed by atoms with Crippen molar-refractivity contribution in [3.05, 3.63) is 18.2 Å². The topological polar surface area (TPSA) is 81.4 Å². The van der Waals surface area contributed by atoms with Gasteiger partial charge in [-0.05, 0) is 55.6 Å². The summed E-state index contributed by atoms with van der Waals surface area (Å²) in [6.07, 6.45) is 4.99. The Morgan fingerprint density at radius 3 is 2.43 bits per heavy atom. The first kappa shape index (κ1) is 14.7. The minimum atomic E-state index is -3.50. The van der Waals surface area contributed by atoms with Crippen molar-refractivity contribution in [3.8, 4) is 5.75 Å². The molecule has 0 heterocycles. The summed E-state index contributed by atoms with van der Waals surface area (Å²) in [5.74, 6) is 2.34. The highest BCUT2D eigenvalue weighted by molar-refractivity contribution is 7.89. The van der Waals surface area contributed by atoms with Gasteiger partial charge in [0, 0.05) is 12.6 Å². The summed E-state index contributed by atoms with van der Waals surface area (Å²) in [6, 6.07) is 4.55. The fourth-order valence-corrected chi connectivity index (χ4v) is 4.00. The normalized spacial score (nSPS) is 19.0. The van der Waals surface area contributed by atoms with E-state index in [-0.39, 0.29) is 4.90 Å². The SMILES string of the molecule is COc1cc(S(=O)(=O)NCC(C2CC2)C2CC2)ccc1N. The van der Waals surface area contributed by atoms with Gasteiger partial charge in [0.2, 0.25) is 10.0 Å². The van der Waals surface area contributed by atoms with Gasteiger partial charge in [-0.1, -0.05) is 0 Å². The molecule has 3 N–H and O–H groups in total. The van der Waals surface area contributed by atoms with Crippen molar-refractivity contribution >= 4 is 15.7 Å². The monoisotopic (exact) mass is 310 g/mol. The number of hydrogen-bond acceptors (Lipinski definition) is 4. The summed E-state index contributed by atoms with van der Waals surface area (Å²) in [5, 5.41) is 0. The molecule has 0 amide bonds. The molecule has 0 bridgehead atoms. The number of rotatable bonds is 7. The first-order chi connectivity index (χ1) is 10.0. The van der Waals surface area contributed by atoms with Crippen LogP contribution in [0.2, 0.25) is 0 Å². The van der Waals surface area contributed by atoms with Gasteiger partial charge in [0.15, 0.2) is 0 Å². The Balaban J connectivity index is 1.70. The van der Waals surface area contributed by atoms with Gasteiger partial charge in [0.1, 0.15) is 5.75 Å². The van der Waals surface area contributed by atoms with Gasteiger partial charge in [-0.2, -0.15) is 0 Å². The molecular formula is C15H22N2O3S. The number of ether oxygens (including phenoxy) is 1. The molecule has 0 radical (unpaired) electrons. The highest BCUT2D eigenvalue weighted by Gasteiger charge is 2.41. The Kier molecular flexibility index (Phi) is 3.84. The van der Waals surface area contributed by atoms with E-state index >= 15 is 0 Å². The second kappa shape index (κ2) is 5.50. The van der Waals surface area contributed by atoms with Gasteiger partial charge in [0.05, 0.1) is 17.7 Å². The fraction of sp³-hybridized carbons (Fsp3) is 0.600. The van der Waals surface area contributed by atoms with Crippen LogP contribution in [0.3, 0.4) is 0 Å². The molecule has 3 rings (SSSR count). The lowest BCUT2D eigenvalue weighted by Gasteiger charge is -2.16. The van der Waals surface area contributed by atoms with E-state index in [1.807, 2.05) is 0 Å². The maximum absolute atomic E-state index is 12.4. The maximum Gasteiger partial charge on any atom is 0.240 e. The van der Waals surface area contributed by atoms with Gasteiger partial charge in [-0.15, -0.1) is 0 Å². The number of nitrogens with two attached hydrogens (primary N) is 1. The van der Waals surface area contributed by atoms with E-state index in [0.29, 0.717) is 23.9 Å². The molecule has 5 nitrogen and oxygen atoms in total.